The number of hydrogen-bond acceptors (Lipinski definition) is 2. The first-order valence-corrected chi connectivity index (χ1v) is 4.63. The summed E-state index contributed by atoms with van der Waals surface area (Å²) in [5.41, 5.74) is 8.34. The van der Waals surface area contributed by atoms with E-state index in [1.807, 2.05) is 6.92 Å². The van der Waals surface area contributed by atoms with Gasteiger partial charge in [-0.3, -0.25) is 4.68 Å². The van der Waals surface area contributed by atoms with Crippen LogP contribution in [0.2, 0.25) is 0 Å². The van der Waals surface area contributed by atoms with E-state index in [-0.39, 0.29) is 5.82 Å². The van der Waals surface area contributed by atoms with E-state index in [0.717, 1.165) is 5.56 Å². The van der Waals surface area contributed by atoms with Crippen LogP contribution in [-0.2, 0) is 7.05 Å². The predicted molar refractivity (Wildman–Crippen MR) is 57.8 cm³/mol. The molecule has 4 heteroatoms. The maximum Gasteiger partial charge on any atom is 0.132 e. The van der Waals surface area contributed by atoms with E-state index in [1.54, 1.807) is 23.9 Å². The van der Waals surface area contributed by atoms with Crippen LogP contribution >= 0.6 is 0 Å². The van der Waals surface area contributed by atoms with E-state index in [1.165, 1.54) is 12.3 Å². The highest BCUT2D eigenvalue weighted by Gasteiger charge is 2.12. The Hall–Kier alpha value is -1.84. The van der Waals surface area contributed by atoms with Crippen molar-refractivity contribution in [1.82, 2.24) is 9.78 Å². The van der Waals surface area contributed by atoms with Gasteiger partial charge in [0.15, 0.2) is 0 Å². The van der Waals surface area contributed by atoms with Gasteiger partial charge in [-0.25, -0.2) is 4.39 Å². The minimum atomic E-state index is -0.282. The van der Waals surface area contributed by atoms with Crippen molar-refractivity contribution in [2.24, 2.45) is 7.05 Å². The van der Waals surface area contributed by atoms with E-state index >= 15 is 0 Å². The monoisotopic (exact) mass is 205 g/mol. The molecule has 1 aromatic carbocycles. The number of rotatable bonds is 1. The Morgan fingerprint density at radius 3 is 2.73 bits per heavy atom. The number of nitrogens with two attached hydrogens (primary N) is 1. The van der Waals surface area contributed by atoms with E-state index < -0.39 is 0 Å². The molecule has 0 spiro atoms. The van der Waals surface area contributed by atoms with Gasteiger partial charge in [-0.2, -0.15) is 5.10 Å². The normalized spacial score (nSPS) is 10.6. The fourth-order valence-corrected chi connectivity index (χ4v) is 1.60. The lowest BCUT2D eigenvalue weighted by Gasteiger charge is -2.06. The number of anilines is 1. The fourth-order valence-electron chi connectivity index (χ4n) is 1.60. The quantitative estimate of drug-likeness (QED) is 0.774. The fraction of sp³-hybridized carbons (Fsp3) is 0.182. The molecule has 1 aromatic heterocycles. The number of nitrogen functional groups attached to an aromatic ring is 1. The van der Waals surface area contributed by atoms with Crippen LogP contribution in [0.3, 0.4) is 0 Å². The first-order valence-electron chi connectivity index (χ1n) is 4.63. The van der Waals surface area contributed by atoms with Crippen LogP contribution in [0, 0.1) is 12.7 Å². The Morgan fingerprint density at radius 1 is 1.40 bits per heavy atom. The van der Waals surface area contributed by atoms with Gasteiger partial charge in [0.25, 0.3) is 0 Å². The summed E-state index contributed by atoms with van der Waals surface area (Å²) in [4.78, 5) is 0. The average molecular weight is 205 g/mol. The molecule has 0 saturated heterocycles. The van der Waals surface area contributed by atoms with Crippen molar-refractivity contribution < 1.29 is 4.39 Å². The molecule has 15 heavy (non-hydrogen) atoms. The Labute approximate surface area is 87.3 Å². The third-order valence-corrected chi connectivity index (χ3v) is 2.34. The molecule has 0 saturated carbocycles. The molecule has 2 N–H and O–H groups in total. The predicted octanol–water partition coefficient (Wildman–Crippen LogP) is 2.12. The molecule has 0 unspecified atom stereocenters. The lowest BCUT2D eigenvalue weighted by molar-refractivity contribution is 0.627. The average Bonchev–Trinajstić information content (AvgIpc) is 2.51. The minimum Gasteiger partial charge on any atom is -0.396 e. The van der Waals surface area contributed by atoms with Crippen LogP contribution in [0.25, 0.3) is 11.3 Å². The Balaban J connectivity index is 2.68. The molecular weight excluding hydrogens is 193 g/mol. The van der Waals surface area contributed by atoms with Crippen molar-refractivity contribution in [3.05, 3.63) is 35.8 Å². The highest BCUT2D eigenvalue weighted by Crippen LogP contribution is 2.28. The van der Waals surface area contributed by atoms with E-state index in [2.05, 4.69) is 5.10 Å². The van der Waals surface area contributed by atoms with Crippen molar-refractivity contribution in [2.45, 2.75) is 6.92 Å². The van der Waals surface area contributed by atoms with Crippen molar-refractivity contribution in [3.8, 4) is 11.3 Å². The van der Waals surface area contributed by atoms with Crippen LogP contribution in [0.1, 0.15) is 5.56 Å². The number of halogens is 1. The molecule has 78 valence electrons. The van der Waals surface area contributed by atoms with Gasteiger partial charge in [-0.05, 0) is 19.1 Å². The summed E-state index contributed by atoms with van der Waals surface area (Å²) in [5.74, 6) is -0.282. The maximum atomic E-state index is 13.6. The molecule has 0 fully saturated rings. The van der Waals surface area contributed by atoms with Crippen LogP contribution in [0.15, 0.2) is 24.4 Å². The second-order valence-corrected chi connectivity index (χ2v) is 3.56. The summed E-state index contributed by atoms with van der Waals surface area (Å²) in [7, 11) is 1.74. The van der Waals surface area contributed by atoms with Gasteiger partial charge in [0.1, 0.15) is 5.82 Å². The van der Waals surface area contributed by atoms with Crippen LogP contribution < -0.4 is 5.73 Å². The second-order valence-electron chi connectivity index (χ2n) is 3.56. The molecular formula is C11H12FN3. The largest absolute Gasteiger partial charge is 0.396 e. The molecule has 0 aliphatic carbocycles. The molecule has 3 nitrogen and oxygen atoms in total. The highest BCUT2D eigenvalue weighted by atomic mass is 19.1. The first-order chi connectivity index (χ1) is 7.09. The smallest absolute Gasteiger partial charge is 0.132 e. The number of benzene rings is 1. The summed E-state index contributed by atoms with van der Waals surface area (Å²) < 4.78 is 15.2. The lowest BCUT2D eigenvalue weighted by atomic mass is 10.1. The summed E-state index contributed by atoms with van der Waals surface area (Å²) in [6.07, 6.45) is 1.52. The lowest BCUT2D eigenvalue weighted by Crippen LogP contribution is -1.98. The molecule has 0 aliphatic rings. The van der Waals surface area contributed by atoms with Gasteiger partial charge in [0, 0.05) is 12.6 Å². The van der Waals surface area contributed by atoms with Crippen molar-refractivity contribution in [2.75, 3.05) is 5.73 Å². The molecule has 2 rings (SSSR count). The molecule has 1 heterocycles. The van der Waals surface area contributed by atoms with Gasteiger partial charge in [0.2, 0.25) is 0 Å². The summed E-state index contributed by atoms with van der Waals surface area (Å²) in [6.45, 7) is 1.91. The standard InChI is InChI=1S/C11H12FN3/c1-7-3-4-9(12)8(5-7)11-10(13)6-14-15(11)2/h3-6H,13H2,1-2H3. The van der Waals surface area contributed by atoms with E-state index in [4.69, 9.17) is 5.73 Å². The molecule has 0 atom stereocenters. The zero-order chi connectivity index (χ0) is 11.0. The van der Waals surface area contributed by atoms with Crippen molar-refractivity contribution in [1.29, 1.82) is 0 Å². The minimum absolute atomic E-state index is 0.282. The van der Waals surface area contributed by atoms with E-state index in [9.17, 15) is 4.39 Å². The van der Waals surface area contributed by atoms with Gasteiger partial charge < -0.3 is 5.73 Å². The Bertz CT molecular complexity index is 483. The van der Waals surface area contributed by atoms with Crippen molar-refractivity contribution >= 4 is 5.69 Å². The zero-order valence-corrected chi connectivity index (χ0v) is 8.66. The molecule has 2 aromatic rings. The highest BCUT2D eigenvalue weighted by molar-refractivity contribution is 5.73. The number of aromatic nitrogens is 2. The van der Waals surface area contributed by atoms with Crippen molar-refractivity contribution in [3.63, 3.8) is 0 Å². The van der Waals surface area contributed by atoms with Crippen LogP contribution in [0.4, 0.5) is 10.1 Å². The Kier molecular flexibility index (Phi) is 2.19. The third-order valence-electron chi connectivity index (χ3n) is 2.34. The first kappa shape index (κ1) is 9.71. The molecule has 0 amide bonds. The van der Waals surface area contributed by atoms with Gasteiger partial charge in [-0.1, -0.05) is 11.6 Å². The van der Waals surface area contributed by atoms with Crippen LogP contribution in [0.5, 0.6) is 0 Å². The number of aryl methyl sites for hydroxylation is 2. The van der Waals surface area contributed by atoms with E-state index in [0.29, 0.717) is 16.9 Å². The van der Waals surface area contributed by atoms with Gasteiger partial charge >= 0.3 is 0 Å². The number of nitrogens with zero attached hydrogens (tertiary/aromatic N) is 2. The maximum absolute atomic E-state index is 13.6. The van der Waals surface area contributed by atoms with Gasteiger partial charge in [0.05, 0.1) is 17.6 Å². The molecule has 0 radical (unpaired) electrons. The SMILES string of the molecule is Cc1ccc(F)c(-c2c(N)cnn2C)c1. The Morgan fingerprint density at radius 2 is 2.13 bits per heavy atom. The number of hydrogen-bond donors (Lipinski definition) is 1. The second kappa shape index (κ2) is 3.38. The van der Waals surface area contributed by atoms with Gasteiger partial charge in [-0.15, -0.1) is 0 Å². The summed E-state index contributed by atoms with van der Waals surface area (Å²) >= 11 is 0. The summed E-state index contributed by atoms with van der Waals surface area (Å²) in [5, 5.41) is 3.99. The third kappa shape index (κ3) is 1.58. The topological polar surface area (TPSA) is 43.8 Å². The zero-order valence-electron chi connectivity index (χ0n) is 8.66. The molecule has 0 bridgehead atoms. The van der Waals surface area contributed by atoms with Crippen LogP contribution in [-0.4, -0.2) is 9.78 Å². The summed E-state index contributed by atoms with van der Waals surface area (Å²) in [6, 6.07) is 4.94. The molecule has 0 aliphatic heterocycles.